The van der Waals surface area contributed by atoms with E-state index in [1.807, 2.05) is 37.3 Å². The summed E-state index contributed by atoms with van der Waals surface area (Å²) in [6, 6.07) is 17.9. The molecule has 0 atom stereocenters. The predicted octanol–water partition coefficient (Wildman–Crippen LogP) is 8.21. The number of hydrogen-bond acceptors (Lipinski definition) is 5. The first-order valence-corrected chi connectivity index (χ1v) is 16.7. The van der Waals surface area contributed by atoms with E-state index >= 15 is 0 Å². The molecule has 1 N–H and O–H groups in total. The normalized spacial score (nSPS) is 26.4. The minimum Gasteiger partial charge on any atom is -0.490 e. The number of barbiturate groups is 1. The molecule has 0 aromatic heterocycles. The highest BCUT2D eigenvalue weighted by Crippen LogP contribution is 2.60. The minimum absolute atomic E-state index is 0.154. The highest BCUT2D eigenvalue weighted by Gasteiger charge is 2.51. The van der Waals surface area contributed by atoms with Crippen molar-refractivity contribution in [3.63, 3.8) is 0 Å². The molecule has 0 spiro atoms. The van der Waals surface area contributed by atoms with Crippen LogP contribution in [0.4, 0.5) is 10.5 Å². The third-order valence-electron chi connectivity index (χ3n) is 9.85. The van der Waals surface area contributed by atoms with Gasteiger partial charge in [-0.1, -0.05) is 41.9 Å². The third kappa shape index (κ3) is 5.67. The maximum atomic E-state index is 13.7. The van der Waals surface area contributed by atoms with Gasteiger partial charge >= 0.3 is 6.03 Å². The van der Waals surface area contributed by atoms with E-state index in [2.05, 4.69) is 33.4 Å². The van der Waals surface area contributed by atoms with E-state index < -0.39 is 17.8 Å². The molecule has 9 heteroatoms. The number of carbonyl (C=O) groups excluding carboxylic acids is 3. The minimum atomic E-state index is -0.760. The summed E-state index contributed by atoms with van der Waals surface area (Å²) in [5, 5.41) is 2.93. The fraction of sp³-hybridized carbons (Fsp3) is 0.361. The molecule has 5 fully saturated rings. The van der Waals surface area contributed by atoms with E-state index in [0.29, 0.717) is 38.9 Å². The summed E-state index contributed by atoms with van der Waals surface area (Å²) in [6.07, 6.45) is 9.24. The van der Waals surface area contributed by atoms with Crippen LogP contribution in [0.25, 0.3) is 6.08 Å². The highest BCUT2D eigenvalue weighted by atomic mass is 79.9. The number of carbonyl (C=O) groups is 3. The molecule has 4 aliphatic carbocycles. The fourth-order valence-corrected chi connectivity index (χ4v) is 9.09. The highest BCUT2D eigenvalue weighted by molar-refractivity contribution is 9.10. The molecule has 45 heavy (non-hydrogen) atoms. The maximum absolute atomic E-state index is 13.7. The molecule has 8 rings (SSSR count). The quantitative estimate of drug-likeness (QED) is 0.190. The molecular formula is C36H34BrClN2O5. The number of halogens is 2. The lowest BCUT2D eigenvalue weighted by Gasteiger charge is -2.57. The molecule has 1 aliphatic heterocycles. The number of benzene rings is 3. The van der Waals surface area contributed by atoms with E-state index in [1.54, 1.807) is 18.2 Å². The number of rotatable bonds is 8. The maximum Gasteiger partial charge on any atom is 0.335 e. The van der Waals surface area contributed by atoms with Crippen molar-refractivity contribution in [1.29, 1.82) is 0 Å². The molecule has 0 radical (unpaired) electrons. The zero-order valence-electron chi connectivity index (χ0n) is 25.0. The zero-order chi connectivity index (χ0) is 31.3. The fourth-order valence-electron chi connectivity index (χ4n) is 8.33. The molecule has 4 amide bonds. The molecule has 5 aliphatic rings. The Kier molecular flexibility index (Phi) is 7.98. The van der Waals surface area contributed by atoms with Gasteiger partial charge in [-0.15, -0.1) is 0 Å². The number of imide groups is 2. The first kappa shape index (κ1) is 30.1. The standard InChI is InChI=1S/C36H34BrClN2O5/c1-2-44-31-16-21(15-29(37)32(31)45-20-25-5-3-4-6-30(25)38)14-28-33(41)39-35(43)40(34(28)42)27-9-7-26(8-10-27)36-17-22-11-23(18-36)13-24(12-22)19-36/h3-10,14-16,22-24H,2,11-13,17-20H2,1H3,(H,39,41,43)/b28-14+. The SMILES string of the molecule is CCOc1cc(/C=C2\C(=O)NC(=O)N(c3ccc(C45CC6CC(CC(C6)C4)C5)cc3)C2=O)cc(Br)c1OCc1ccccc1Cl. The summed E-state index contributed by atoms with van der Waals surface area (Å²) >= 11 is 9.86. The van der Waals surface area contributed by atoms with Gasteiger partial charge in [-0.05, 0) is 132 Å². The summed E-state index contributed by atoms with van der Waals surface area (Å²) in [5.41, 5.74) is 3.13. The lowest BCUT2D eigenvalue weighted by molar-refractivity contribution is -0.122. The van der Waals surface area contributed by atoms with Crippen molar-refractivity contribution < 1.29 is 23.9 Å². The number of nitrogens with one attached hydrogen (secondary N) is 1. The van der Waals surface area contributed by atoms with Gasteiger partial charge in [-0.3, -0.25) is 14.9 Å². The molecule has 3 aromatic rings. The average molecular weight is 690 g/mol. The van der Waals surface area contributed by atoms with Gasteiger partial charge in [0, 0.05) is 10.6 Å². The number of amides is 4. The molecule has 7 nitrogen and oxygen atoms in total. The van der Waals surface area contributed by atoms with Gasteiger partial charge in [-0.2, -0.15) is 0 Å². The van der Waals surface area contributed by atoms with Crippen molar-refractivity contribution in [3.05, 3.63) is 92.4 Å². The molecule has 232 valence electrons. The summed E-state index contributed by atoms with van der Waals surface area (Å²) in [7, 11) is 0. The molecule has 4 bridgehead atoms. The van der Waals surface area contributed by atoms with Gasteiger partial charge in [0.15, 0.2) is 11.5 Å². The molecule has 0 unspecified atom stereocenters. The largest absolute Gasteiger partial charge is 0.490 e. The first-order valence-electron chi connectivity index (χ1n) is 15.6. The number of hydrogen-bond donors (Lipinski definition) is 1. The summed E-state index contributed by atoms with van der Waals surface area (Å²) in [4.78, 5) is 40.6. The second-order valence-corrected chi connectivity index (χ2v) is 14.1. The van der Waals surface area contributed by atoms with Crippen molar-refractivity contribution in [2.45, 2.75) is 57.5 Å². The van der Waals surface area contributed by atoms with Gasteiger partial charge < -0.3 is 9.47 Å². The number of anilines is 1. The molecule has 3 aromatic carbocycles. The van der Waals surface area contributed by atoms with Crippen LogP contribution in [-0.2, 0) is 21.6 Å². The smallest absolute Gasteiger partial charge is 0.335 e. The monoisotopic (exact) mass is 688 g/mol. The summed E-state index contributed by atoms with van der Waals surface area (Å²) < 4.78 is 12.5. The van der Waals surface area contributed by atoms with Crippen LogP contribution in [0.2, 0.25) is 5.02 Å². The van der Waals surface area contributed by atoms with E-state index in [4.69, 9.17) is 21.1 Å². The van der Waals surface area contributed by atoms with E-state index in [0.717, 1.165) is 28.2 Å². The topological polar surface area (TPSA) is 84.9 Å². The number of urea groups is 1. The van der Waals surface area contributed by atoms with E-state index in [-0.39, 0.29) is 17.6 Å². The number of nitrogens with zero attached hydrogens (tertiary/aromatic N) is 1. The molecule has 4 saturated carbocycles. The Balaban J connectivity index is 1.14. The van der Waals surface area contributed by atoms with Gasteiger partial charge in [0.05, 0.1) is 16.8 Å². The van der Waals surface area contributed by atoms with Crippen LogP contribution >= 0.6 is 27.5 Å². The lowest BCUT2D eigenvalue weighted by Crippen LogP contribution is -2.54. The van der Waals surface area contributed by atoms with E-state index in [9.17, 15) is 14.4 Å². The molecular weight excluding hydrogens is 656 g/mol. The van der Waals surface area contributed by atoms with Gasteiger partial charge in [0.25, 0.3) is 11.8 Å². The summed E-state index contributed by atoms with van der Waals surface area (Å²) in [6.45, 7) is 2.45. The summed E-state index contributed by atoms with van der Waals surface area (Å²) in [5.74, 6) is 1.91. The Labute approximate surface area is 276 Å². The Hall–Kier alpha value is -3.62. The Morgan fingerprint density at radius 1 is 0.956 bits per heavy atom. The van der Waals surface area contributed by atoms with Crippen molar-refractivity contribution >= 4 is 57.1 Å². The number of ether oxygens (including phenoxy) is 2. The van der Waals surface area contributed by atoms with Gasteiger partial charge in [-0.25, -0.2) is 9.69 Å². The van der Waals surface area contributed by atoms with Crippen LogP contribution in [0.3, 0.4) is 0 Å². The average Bonchev–Trinajstić information content (AvgIpc) is 2.99. The Morgan fingerprint density at radius 2 is 1.62 bits per heavy atom. The van der Waals surface area contributed by atoms with Crippen molar-refractivity contribution in [1.82, 2.24) is 5.32 Å². The van der Waals surface area contributed by atoms with Crippen LogP contribution in [0.1, 0.15) is 62.1 Å². The third-order valence-corrected chi connectivity index (χ3v) is 10.8. The molecule has 1 heterocycles. The van der Waals surface area contributed by atoms with Crippen LogP contribution in [0, 0.1) is 17.8 Å². The first-order chi connectivity index (χ1) is 21.7. The van der Waals surface area contributed by atoms with Crippen LogP contribution in [0.15, 0.2) is 70.7 Å². The van der Waals surface area contributed by atoms with Crippen LogP contribution < -0.4 is 19.7 Å². The molecule has 1 saturated heterocycles. The van der Waals surface area contributed by atoms with Crippen molar-refractivity contribution in [3.8, 4) is 11.5 Å². The zero-order valence-corrected chi connectivity index (χ0v) is 27.3. The second-order valence-electron chi connectivity index (χ2n) is 12.8. The second kappa shape index (κ2) is 12.0. The van der Waals surface area contributed by atoms with Crippen molar-refractivity contribution in [2.75, 3.05) is 11.5 Å². The predicted molar refractivity (Wildman–Crippen MR) is 176 cm³/mol. The van der Waals surface area contributed by atoms with E-state index in [1.165, 1.54) is 50.2 Å². The van der Waals surface area contributed by atoms with Crippen LogP contribution in [0.5, 0.6) is 11.5 Å². The van der Waals surface area contributed by atoms with Gasteiger partial charge in [0.2, 0.25) is 0 Å². The van der Waals surface area contributed by atoms with Crippen LogP contribution in [-0.4, -0.2) is 24.5 Å². The lowest BCUT2D eigenvalue weighted by atomic mass is 9.48. The van der Waals surface area contributed by atoms with Gasteiger partial charge in [0.1, 0.15) is 12.2 Å². The Bertz CT molecular complexity index is 1680. The van der Waals surface area contributed by atoms with Crippen molar-refractivity contribution in [2.24, 2.45) is 17.8 Å². The Morgan fingerprint density at radius 3 is 2.27 bits per heavy atom.